The fraction of sp³-hybridized carbons (Fsp3) is 0.333. The molecule has 1 saturated heterocycles. The number of rotatable bonds is 7. The Kier molecular flexibility index (Phi) is 7.62. The predicted octanol–water partition coefficient (Wildman–Crippen LogP) is 4.46. The van der Waals surface area contributed by atoms with Crippen molar-refractivity contribution in [3.63, 3.8) is 0 Å². The number of fused-ring (bicyclic) bond motifs is 2. The van der Waals surface area contributed by atoms with Crippen LogP contribution in [-0.4, -0.2) is 75.0 Å². The summed E-state index contributed by atoms with van der Waals surface area (Å²) in [4.78, 5) is 33.1. The van der Waals surface area contributed by atoms with Crippen LogP contribution in [0.1, 0.15) is 35.3 Å². The fourth-order valence-electron chi connectivity index (χ4n) is 5.88. The third kappa shape index (κ3) is 5.51. The van der Waals surface area contributed by atoms with E-state index in [9.17, 15) is 9.59 Å². The Morgan fingerprint density at radius 3 is 2.54 bits per heavy atom. The second-order valence-corrected chi connectivity index (χ2v) is 11.1. The maximum atomic E-state index is 13.4. The summed E-state index contributed by atoms with van der Waals surface area (Å²) < 4.78 is 5.48. The molecule has 0 spiro atoms. The lowest BCUT2D eigenvalue weighted by atomic mass is 9.98. The van der Waals surface area contributed by atoms with Crippen LogP contribution in [0.15, 0.2) is 66.7 Å². The molecule has 0 aliphatic carbocycles. The van der Waals surface area contributed by atoms with Crippen molar-refractivity contribution < 1.29 is 14.3 Å². The summed E-state index contributed by atoms with van der Waals surface area (Å²) in [7, 11) is 3.80. The van der Waals surface area contributed by atoms with Crippen molar-refractivity contribution in [2.24, 2.45) is 0 Å². The molecule has 3 aliphatic rings. The molecule has 212 valence electrons. The number of hydrogen-bond acceptors (Lipinski definition) is 6. The summed E-state index contributed by atoms with van der Waals surface area (Å²) in [5, 5.41) is 6.63. The Hall–Kier alpha value is -3.98. The van der Waals surface area contributed by atoms with Crippen molar-refractivity contribution in [2.45, 2.75) is 19.4 Å². The first-order valence-corrected chi connectivity index (χ1v) is 14.3. The van der Waals surface area contributed by atoms with Gasteiger partial charge in [0, 0.05) is 62.5 Å². The Morgan fingerprint density at radius 1 is 1.00 bits per heavy atom. The van der Waals surface area contributed by atoms with Gasteiger partial charge in [0.25, 0.3) is 5.91 Å². The first-order chi connectivity index (χ1) is 19.9. The van der Waals surface area contributed by atoms with Crippen LogP contribution < -0.4 is 15.5 Å². The summed E-state index contributed by atoms with van der Waals surface area (Å²) >= 11 is 0. The van der Waals surface area contributed by atoms with E-state index in [4.69, 9.17) is 4.74 Å². The molecule has 0 bridgehead atoms. The van der Waals surface area contributed by atoms with E-state index in [0.29, 0.717) is 18.7 Å². The Balaban J connectivity index is 1.29. The van der Waals surface area contributed by atoms with Crippen LogP contribution in [0.3, 0.4) is 0 Å². The molecule has 6 rings (SSSR count). The molecule has 0 radical (unpaired) electrons. The normalized spacial score (nSPS) is 19.0. The number of carbonyl (C=O) groups is 2. The predicted molar refractivity (Wildman–Crippen MR) is 164 cm³/mol. The fourth-order valence-corrected chi connectivity index (χ4v) is 5.88. The highest BCUT2D eigenvalue weighted by molar-refractivity contribution is 6.37. The lowest BCUT2D eigenvalue weighted by Crippen LogP contribution is -2.48. The molecular formula is C33H37N5O3. The number of ether oxygens (including phenoxy) is 1. The molecule has 2 amide bonds. The van der Waals surface area contributed by atoms with Crippen molar-refractivity contribution in [2.75, 3.05) is 69.0 Å². The molecule has 0 aromatic heterocycles. The minimum Gasteiger partial charge on any atom is -0.377 e. The van der Waals surface area contributed by atoms with E-state index in [-0.39, 0.29) is 17.9 Å². The quantitative estimate of drug-likeness (QED) is 0.422. The maximum absolute atomic E-state index is 13.4. The summed E-state index contributed by atoms with van der Waals surface area (Å²) in [6, 6.07) is 22.1. The second kappa shape index (κ2) is 11.5. The van der Waals surface area contributed by atoms with E-state index >= 15 is 0 Å². The van der Waals surface area contributed by atoms with E-state index in [1.807, 2.05) is 72.5 Å². The van der Waals surface area contributed by atoms with E-state index in [2.05, 4.69) is 33.5 Å². The van der Waals surface area contributed by atoms with Crippen LogP contribution in [-0.2, 0) is 20.7 Å². The zero-order valence-electron chi connectivity index (χ0n) is 23.9. The average molecular weight is 552 g/mol. The number of amides is 2. The molecule has 1 atom stereocenters. The number of anilines is 3. The smallest absolute Gasteiger partial charge is 0.258 e. The first-order valence-electron chi connectivity index (χ1n) is 14.3. The Labute approximate surface area is 241 Å². The first kappa shape index (κ1) is 27.2. The lowest BCUT2D eigenvalue weighted by molar-refractivity contribution is -0.120. The monoisotopic (exact) mass is 551 g/mol. The maximum Gasteiger partial charge on any atom is 0.258 e. The van der Waals surface area contributed by atoms with Crippen LogP contribution in [0.25, 0.3) is 11.3 Å². The van der Waals surface area contributed by atoms with Gasteiger partial charge in [-0.3, -0.25) is 14.5 Å². The molecule has 0 saturated carbocycles. The molecule has 3 aliphatic heterocycles. The van der Waals surface area contributed by atoms with E-state index < -0.39 is 0 Å². The molecule has 41 heavy (non-hydrogen) atoms. The number of benzene rings is 3. The largest absolute Gasteiger partial charge is 0.377 e. The number of likely N-dealkylation sites (N-methyl/N-ethyl adjacent to an activating group) is 1. The van der Waals surface area contributed by atoms with Gasteiger partial charge in [-0.25, -0.2) is 0 Å². The van der Waals surface area contributed by atoms with Crippen molar-refractivity contribution in [1.29, 1.82) is 0 Å². The summed E-state index contributed by atoms with van der Waals surface area (Å²) in [5.74, 6) is 0.0120. The number of piperazine rings is 1. The molecule has 3 heterocycles. The van der Waals surface area contributed by atoms with Crippen molar-refractivity contribution in [3.8, 4) is 0 Å². The highest BCUT2D eigenvalue weighted by atomic mass is 16.5. The van der Waals surface area contributed by atoms with Crippen LogP contribution in [0.2, 0.25) is 0 Å². The minimum atomic E-state index is -0.143. The zero-order valence-corrected chi connectivity index (χ0v) is 23.9. The Morgan fingerprint density at radius 2 is 1.78 bits per heavy atom. The van der Waals surface area contributed by atoms with Crippen LogP contribution in [0.5, 0.6) is 0 Å². The number of methoxy groups -OCH3 is 1. The average Bonchev–Trinajstić information content (AvgIpc) is 3.56. The van der Waals surface area contributed by atoms with Gasteiger partial charge in [0.2, 0.25) is 5.91 Å². The van der Waals surface area contributed by atoms with E-state index in [1.54, 1.807) is 7.11 Å². The van der Waals surface area contributed by atoms with E-state index in [1.165, 1.54) is 0 Å². The topological polar surface area (TPSA) is 77.1 Å². The van der Waals surface area contributed by atoms with Gasteiger partial charge in [0.1, 0.15) is 0 Å². The Bertz CT molecular complexity index is 1490. The molecule has 1 fully saturated rings. The number of hydrogen-bond donors (Lipinski definition) is 2. The number of nitrogens with zero attached hydrogens (tertiary/aromatic N) is 3. The number of carbonyl (C=O) groups excluding carboxylic acids is 2. The highest BCUT2D eigenvalue weighted by Gasteiger charge is 2.30. The minimum absolute atomic E-state index is 0.0728. The third-order valence-electron chi connectivity index (χ3n) is 8.42. The van der Waals surface area contributed by atoms with Crippen molar-refractivity contribution >= 4 is 40.1 Å². The van der Waals surface area contributed by atoms with Crippen molar-refractivity contribution in [3.05, 3.63) is 89.0 Å². The third-order valence-corrected chi connectivity index (χ3v) is 8.42. The summed E-state index contributed by atoms with van der Waals surface area (Å²) in [6.07, 6.45) is 0.733. The summed E-state index contributed by atoms with van der Waals surface area (Å²) in [5.41, 5.74) is 7.91. The molecule has 3 aromatic carbocycles. The standard InChI is InChI=1S/C33H37N5O3/c1-22(41-3)24-9-11-27-28(20-24)35-33(40)31(27)32(23-7-5-4-6-8-23)34-26-10-12-29-25(19-26)13-14-38(29)30(39)21-37-17-15-36(2)16-18-37/h4-12,19-20,22,34H,13-18,21H2,1-3H3,(H,35,40)/b32-31-. The van der Waals surface area contributed by atoms with Gasteiger partial charge in [-0.2, -0.15) is 0 Å². The molecular weight excluding hydrogens is 514 g/mol. The van der Waals surface area contributed by atoms with Gasteiger partial charge in [-0.15, -0.1) is 0 Å². The van der Waals surface area contributed by atoms with Gasteiger partial charge in [0.15, 0.2) is 0 Å². The SMILES string of the molecule is COC(C)c1ccc2c(c1)NC(=O)/C2=C(\Nc1ccc2c(c1)CCN2C(=O)CN1CCN(C)CC1)c1ccccc1. The lowest BCUT2D eigenvalue weighted by Gasteiger charge is -2.32. The highest BCUT2D eigenvalue weighted by Crippen LogP contribution is 2.40. The van der Waals surface area contributed by atoms with Gasteiger partial charge < -0.3 is 25.2 Å². The summed E-state index contributed by atoms with van der Waals surface area (Å²) in [6.45, 7) is 6.97. The number of nitrogens with one attached hydrogen (secondary N) is 2. The van der Waals surface area contributed by atoms with Gasteiger partial charge in [0.05, 0.1) is 23.9 Å². The van der Waals surface area contributed by atoms with Gasteiger partial charge in [-0.05, 0) is 61.3 Å². The molecule has 8 heteroatoms. The van der Waals surface area contributed by atoms with Crippen LogP contribution in [0, 0.1) is 0 Å². The second-order valence-electron chi connectivity index (χ2n) is 11.1. The van der Waals surface area contributed by atoms with E-state index in [0.717, 1.165) is 77.6 Å². The molecule has 2 N–H and O–H groups in total. The van der Waals surface area contributed by atoms with Crippen LogP contribution >= 0.6 is 0 Å². The van der Waals surface area contributed by atoms with Crippen LogP contribution in [0.4, 0.5) is 17.1 Å². The molecule has 8 nitrogen and oxygen atoms in total. The van der Waals surface area contributed by atoms with Gasteiger partial charge in [-0.1, -0.05) is 42.5 Å². The van der Waals surface area contributed by atoms with Gasteiger partial charge >= 0.3 is 0 Å². The zero-order chi connectivity index (χ0) is 28.5. The van der Waals surface area contributed by atoms with Crippen molar-refractivity contribution in [1.82, 2.24) is 9.80 Å². The molecule has 3 aromatic rings. The molecule has 1 unspecified atom stereocenters.